The Labute approximate surface area is 180 Å². The summed E-state index contributed by atoms with van der Waals surface area (Å²) in [5.74, 6) is 0.00185. The molecule has 3 heterocycles. The van der Waals surface area contributed by atoms with Crippen molar-refractivity contribution >= 4 is 28.1 Å². The van der Waals surface area contributed by atoms with Crippen molar-refractivity contribution in [1.82, 2.24) is 19.1 Å². The van der Waals surface area contributed by atoms with E-state index in [1.807, 2.05) is 36.1 Å². The topological polar surface area (TPSA) is 62.9 Å². The fourth-order valence-electron chi connectivity index (χ4n) is 4.52. The second-order valence-corrected chi connectivity index (χ2v) is 7.95. The van der Waals surface area contributed by atoms with E-state index in [1.54, 1.807) is 21.3 Å². The summed E-state index contributed by atoms with van der Waals surface area (Å²) in [4.78, 5) is 30.3. The van der Waals surface area contributed by atoms with Crippen molar-refractivity contribution in [3.63, 3.8) is 0 Å². The number of piperazine rings is 1. The summed E-state index contributed by atoms with van der Waals surface area (Å²) < 4.78 is 3.36. The van der Waals surface area contributed by atoms with Crippen LogP contribution in [0, 0.1) is 6.92 Å². The molecule has 1 amide bonds. The van der Waals surface area contributed by atoms with E-state index in [0.29, 0.717) is 30.7 Å². The van der Waals surface area contributed by atoms with Gasteiger partial charge >= 0.3 is 0 Å². The Hall–Kier alpha value is -3.61. The van der Waals surface area contributed by atoms with Crippen molar-refractivity contribution < 1.29 is 4.79 Å². The predicted octanol–water partition coefficient (Wildman–Crippen LogP) is 2.94. The molecule has 4 aromatic rings. The zero-order valence-electron chi connectivity index (χ0n) is 17.8. The summed E-state index contributed by atoms with van der Waals surface area (Å²) in [5.41, 5.74) is 5.08. The van der Waals surface area contributed by atoms with Crippen LogP contribution in [0.2, 0.25) is 0 Å². The number of anilines is 1. The van der Waals surface area contributed by atoms with Gasteiger partial charge in [-0.15, -0.1) is 0 Å². The summed E-state index contributed by atoms with van der Waals surface area (Å²) in [6, 6.07) is 15.6. The van der Waals surface area contributed by atoms with E-state index in [9.17, 15) is 9.59 Å². The highest BCUT2D eigenvalue weighted by molar-refractivity contribution is 5.97. The Morgan fingerprint density at radius 2 is 1.74 bits per heavy atom. The van der Waals surface area contributed by atoms with Crippen LogP contribution in [0.3, 0.4) is 0 Å². The van der Waals surface area contributed by atoms with Gasteiger partial charge in [0.25, 0.3) is 11.5 Å². The molecule has 5 rings (SSSR count). The van der Waals surface area contributed by atoms with Crippen molar-refractivity contribution in [3.8, 4) is 0 Å². The quantitative estimate of drug-likeness (QED) is 0.516. The van der Waals surface area contributed by atoms with Gasteiger partial charge in [-0.25, -0.2) is 4.52 Å². The molecule has 7 heteroatoms. The van der Waals surface area contributed by atoms with Crippen LogP contribution in [0.5, 0.6) is 0 Å². The molecule has 0 unspecified atom stereocenters. The predicted molar refractivity (Wildman–Crippen MR) is 122 cm³/mol. The molecular weight excluding hydrogens is 390 g/mol. The molecule has 2 aromatic heterocycles. The molecule has 31 heavy (non-hydrogen) atoms. The van der Waals surface area contributed by atoms with Gasteiger partial charge in [0.05, 0.1) is 17.2 Å². The second kappa shape index (κ2) is 7.58. The number of amides is 1. The second-order valence-electron chi connectivity index (χ2n) is 7.95. The molecule has 0 bridgehead atoms. The third kappa shape index (κ3) is 3.17. The summed E-state index contributed by atoms with van der Waals surface area (Å²) in [6.07, 6.45) is 1.63. The van der Waals surface area contributed by atoms with Crippen LogP contribution in [-0.4, -0.2) is 51.2 Å². The summed E-state index contributed by atoms with van der Waals surface area (Å²) >= 11 is 0. The van der Waals surface area contributed by atoms with Crippen LogP contribution in [0.4, 0.5) is 5.69 Å². The molecular formula is C24H25N5O2. The van der Waals surface area contributed by atoms with Crippen LogP contribution in [0.25, 0.3) is 16.6 Å². The minimum Gasteiger partial charge on any atom is -0.368 e. The standard InChI is InChI=1S/C24H25N5O2/c1-3-28-22-16-18(8-9-20(22)29-21(24(28)31)10-11-25-29)23(30)27-14-12-26(13-15-27)19-7-5-4-6-17(19)2/h4-11,16H,3,12-15H2,1-2H3. The van der Waals surface area contributed by atoms with E-state index in [1.165, 1.54) is 11.3 Å². The van der Waals surface area contributed by atoms with Crippen molar-refractivity contribution in [2.75, 3.05) is 31.1 Å². The lowest BCUT2D eigenvalue weighted by atomic mass is 10.1. The Morgan fingerprint density at radius 1 is 0.968 bits per heavy atom. The highest BCUT2D eigenvalue weighted by atomic mass is 16.2. The maximum Gasteiger partial charge on any atom is 0.277 e. The van der Waals surface area contributed by atoms with Crippen molar-refractivity contribution in [1.29, 1.82) is 0 Å². The lowest BCUT2D eigenvalue weighted by Crippen LogP contribution is -2.49. The van der Waals surface area contributed by atoms with E-state index in [0.717, 1.165) is 24.1 Å². The summed E-state index contributed by atoms with van der Waals surface area (Å²) in [7, 11) is 0. The van der Waals surface area contributed by atoms with Crippen LogP contribution in [-0.2, 0) is 6.54 Å². The number of aromatic nitrogens is 3. The van der Waals surface area contributed by atoms with Gasteiger partial charge in [-0.2, -0.15) is 5.10 Å². The Morgan fingerprint density at radius 3 is 2.48 bits per heavy atom. The lowest BCUT2D eigenvalue weighted by molar-refractivity contribution is 0.0747. The fraction of sp³-hybridized carbons (Fsp3) is 0.292. The lowest BCUT2D eigenvalue weighted by Gasteiger charge is -2.36. The molecule has 1 aliphatic rings. The first-order valence-electron chi connectivity index (χ1n) is 10.7. The molecule has 0 saturated carbocycles. The molecule has 0 N–H and O–H groups in total. The molecule has 158 valence electrons. The Kier molecular flexibility index (Phi) is 4.73. The number of para-hydroxylation sites is 1. The number of benzene rings is 2. The third-order valence-corrected chi connectivity index (χ3v) is 6.19. The molecule has 0 radical (unpaired) electrons. The molecule has 7 nitrogen and oxygen atoms in total. The normalized spacial score (nSPS) is 14.5. The number of nitrogens with zero attached hydrogens (tertiary/aromatic N) is 5. The fourth-order valence-corrected chi connectivity index (χ4v) is 4.52. The van der Waals surface area contributed by atoms with Gasteiger partial charge in [-0.05, 0) is 49.7 Å². The average Bonchev–Trinajstić information content (AvgIpc) is 3.30. The molecule has 1 aliphatic heterocycles. The Balaban J connectivity index is 1.43. The van der Waals surface area contributed by atoms with Crippen molar-refractivity contribution in [3.05, 3.63) is 76.2 Å². The minimum absolute atomic E-state index is 0.00185. The molecule has 1 fully saturated rings. The first-order valence-corrected chi connectivity index (χ1v) is 10.7. The highest BCUT2D eigenvalue weighted by Gasteiger charge is 2.23. The average molecular weight is 415 g/mol. The zero-order valence-corrected chi connectivity index (χ0v) is 17.8. The third-order valence-electron chi connectivity index (χ3n) is 6.19. The number of hydrogen-bond donors (Lipinski definition) is 0. The molecule has 0 atom stereocenters. The molecule has 1 saturated heterocycles. The van der Waals surface area contributed by atoms with E-state index in [2.05, 4.69) is 35.1 Å². The van der Waals surface area contributed by atoms with E-state index >= 15 is 0 Å². The SMILES string of the molecule is CCn1c(=O)c2ccnn2c2ccc(C(=O)N3CCN(c4ccccc4C)CC3)cc21. The summed E-state index contributed by atoms with van der Waals surface area (Å²) in [5, 5.41) is 4.29. The van der Waals surface area contributed by atoms with Crippen LogP contribution < -0.4 is 10.5 Å². The van der Waals surface area contributed by atoms with Gasteiger partial charge < -0.3 is 14.4 Å². The number of fused-ring (bicyclic) bond motifs is 3. The van der Waals surface area contributed by atoms with Crippen LogP contribution in [0.1, 0.15) is 22.8 Å². The van der Waals surface area contributed by atoms with Gasteiger partial charge in [-0.3, -0.25) is 9.59 Å². The minimum atomic E-state index is -0.0936. The number of carbonyl (C=O) groups excluding carboxylic acids is 1. The van der Waals surface area contributed by atoms with Crippen LogP contribution >= 0.6 is 0 Å². The molecule has 2 aromatic carbocycles. The van der Waals surface area contributed by atoms with Gasteiger partial charge in [-0.1, -0.05) is 18.2 Å². The van der Waals surface area contributed by atoms with E-state index in [4.69, 9.17) is 0 Å². The number of rotatable bonds is 3. The summed E-state index contributed by atoms with van der Waals surface area (Å²) in [6.45, 7) is 7.53. The first kappa shape index (κ1) is 19.4. The monoisotopic (exact) mass is 415 g/mol. The number of carbonyl (C=O) groups is 1. The maximum absolute atomic E-state index is 13.2. The smallest absolute Gasteiger partial charge is 0.277 e. The molecule has 0 spiro atoms. The van der Waals surface area contributed by atoms with Gasteiger partial charge in [0.1, 0.15) is 5.52 Å². The van der Waals surface area contributed by atoms with Gasteiger partial charge in [0, 0.05) is 44.0 Å². The van der Waals surface area contributed by atoms with Crippen molar-refractivity contribution in [2.45, 2.75) is 20.4 Å². The largest absolute Gasteiger partial charge is 0.368 e. The zero-order chi connectivity index (χ0) is 21.5. The van der Waals surface area contributed by atoms with Crippen molar-refractivity contribution in [2.24, 2.45) is 0 Å². The molecule has 0 aliphatic carbocycles. The number of hydrogen-bond acceptors (Lipinski definition) is 4. The Bertz CT molecular complexity index is 1350. The highest BCUT2D eigenvalue weighted by Crippen LogP contribution is 2.22. The van der Waals surface area contributed by atoms with E-state index < -0.39 is 0 Å². The number of aryl methyl sites for hydroxylation is 2. The maximum atomic E-state index is 13.2. The van der Waals surface area contributed by atoms with Gasteiger partial charge in [0.15, 0.2) is 0 Å². The first-order chi connectivity index (χ1) is 15.1. The van der Waals surface area contributed by atoms with E-state index in [-0.39, 0.29) is 11.5 Å². The van der Waals surface area contributed by atoms with Crippen LogP contribution in [0.15, 0.2) is 59.5 Å². The van der Waals surface area contributed by atoms with Gasteiger partial charge in [0.2, 0.25) is 0 Å².